The molecular formula is C70H40N2O2. The van der Waals surface area contributed by atoms with Crippen LogP contribution in [0.15, 0.2) is 251 Å². The van der Waals surface area contributed by atoms with Crippen LogP contribution < -0.4 is 0 Å². The Morgan fingerprint density at radius 3 is 1.08 bits per heavy atom. The van der Waals surface area contributed by atoms with E-state index in [1.807, 2.05) is 12.1 Å². The fourth-order valence-electron chi connectivity index (χ4n) is 12.9. The molecule has 4 heterocycles. The summed E-state index contributed by atoms with van der Waals surface area (Å²) in [6, 6.07) is 88.9. The molecule has 0 aliphatic carbocycles. The summed E-state index contributed by atoms with van der Waals surface area (Å²) in [7, 11) is 0. The first-order chi connectivity index (χ1) is 36.7. The molecule has 0 aliphatic heterocycles. The van der Waals surface area contributed by atoms with E-state index in [0.717, 1.165) is 66.4 Å². The standard InChI is InChI=1S/C70H40N2O2/c1-3-15-45(16-4-1)71-59-23-11-7-21-51(59)69-61(71)31-29-49-53-37-44-40-56(42-28-34-66-58(36-42)48-20-10-14-26-64(48)74-66)68-50(30-32-62-70(68)52-22-8-12-24-60(52)72(62)46-17-5-2-6-18-46)54(44)38-43(53)39-55(67(49)69)41-27-33-65-57(35-41)47-19-9-13-25-63(47)73-65/h1-40H. The van der Waals surface area contributed by atoms with Gasteiger partial charge in [0.1, 0.15) is 22.3 Å². The van der Waals surface area contributed by atoms with Crippen LogP contribution in [-0.4, -0.2) is 9.13 Å². The molecule has 17 rings (SSSR count). The van der Waals surface area contributed by atoms with Gasteiger partial charge >= 0.3 is 0 Å². The molecule has 4 aromatic heterocycles. The number of nitrogens with zero attached hydrogens (tertiary/aromatic N) is 2. The second-order valence-corrected chi connectivity index (χ2v) is 19.9. The highest BCUT2D eigenvalue weighted by Crippen LogP contribution is 2.49. The zero-order valence-electron chi connectivity index (χ0n) is 39.8. The molecule has 0 spiro atoms. The number of hydrogen-bond donors (Lipinski definition) is 0. The second kappa shape index (κ2) is 14.8. The van der Waals surface area contributed by atoms with Gasteiger partial charge in [-0.2, -0.15) is 0 Å². The highest BCUT2D eigenvalue weighted by molar-refractivity contribution is 6.34. The minimum atomic E-state index is 0.888. The van der Waals surface area contributed by atoms with Crippen molar-refractivity contribution in [3.05, 3.63) is 243 Å². The summed E-state index contributed by atoms with van der Waals surface area (Å²) in [6.45, 7) is 0. The van der Waals surface area contributed by atoms with Gasteiger partial charge in [0.05, 0.1) is 22.1 Å². The Bertz CT molecular complexity index is 4910. The minimum absolute atomic E-state index is 0.888. The fraction of sp³-hybridized carbons (Fsp3) is 0. The Labute approximate surface area is 422 Å². The van der Waals surface area contributed by atoms with Crippen LogP contribution >= 0.6 is 0 Å². The first-order valence-electron chi connectivity index (χ1n) is 25.4. The van der Waals surface area contributed by atoms with Crippen molar-refractivity contribution in [2.45, 2.75) is 0 Å². The third kappa shape index (κ3) is 5.46. The Balaban J connectivity index is 1.03. The van der Waals surface area contributed by atoms with Crippen molar-refractivity contribution in [2.75, 3.05) is 0 Å². The summed E-state index contributed by atoms with van der Waals surface area (Å²) in [5.41, 5.74) is 15.2. The molecule has 0 N–H and O–H groups in total. The average Bonchev–Trinajstić information content (AvgIpc) is 4.28. The second-order valence-electron chi connectivity index (χ2n) is 19.9. The molecule has 0 aliphatic rings. The zero-order chi connectivity index (χ0) is 48.2. The van der Waals surface area contributed by atoms with E-state index in [2.05, 4.69) is 240 Å². The first kappa shape index (κ1) is 39.8. The van der Waals surface area contributed by atoms with E-state index in [9.17, 15) is 0 Å². The smallest absolute Gasteiger partial charge is 0.135 e. The van der Waals surface area contributed by atoms with Gasteiger partial charge in [-0.15, -0.1) is 0 Å². The quantitative estimate of drug-likeness (QED) is 0.130. The van der Waals surface area contributed by atoms with E-state index >= 15 is 0 Å². The topological polar surface area (TPSA) is 36.1 Å². The van der Waals surface area contributed by atoms with E-state index in [-0.39, 0.29) is 0 Å². The number of hydrogen-bond acceptors (Lipinski definition) is 2. The molecule has 0 fully saturated rings. The van der Waals surface area contributed by atoms with Gasteiger partial charge in [0.25, 0.3) is 0 Å². The summed E-state index contributed by atoms with van der Waals surface area (Å²) in [5, 5.41) is 19.1. The van der Waals surface area contributed by atoms with Crippen molar-refractivity contribution in [2.24, 2.45) is 0 Å². The van der Waals surface area contributed by atoms with Gasteiger partial charge in [0, 0.05) is 65.2 Å². The largest absolute Gasteiger partial charge is 0.456 e. The molecule has 0 saturated carbocycles. The number of benzene rings is 13. The first-order valence-corrected chi connectivity index (χ1v) is 25.4. The molecule has 17 aromatic rings. The molecule has 4 heteroatoms. The Morgan fingerprint density at radius 1 is 0.230 bits per heavy atom. The summed E-state index contributed by atoms with van der Waals surface area (Å²) >= 11 is 0. The molecule has 0 atom stereocenters. The number of para-hydroxylation sites is 6. The summed E-state index contributed by atoms with van der Waals surface area (Å²) < 4.78 is 17.7. The van der Waals surface area contributed by atoms with Crippen molar-refractivity contribution in [1.82, 2.24) is 9.13 Å². The van der Waals surface area contributed by atoms with Crippen molar-refractivity contribution in [3.63, 3.8) is 0 Å². The normalized spacial score (nSPS) is 12.3. The van der Waals surface area contributed by atoms with Gasteiger partial charge in [0.15, 0.2) is 0 Å². The van der Waals surface area contributed by atoms with Crippen molar-refractivity contribution >= 4 is 131 Å². The Morgan fingerprint density at radius 2 is 0.622 bits per heavy atom. The van der Waals surface area contributed by atoms with E-state index < -0.39 is 0 Å². The number of furan rings is 2. The molecule has 0 radical (unpaired) electrons. The molecule has 74 heavy (non-hydrogen) atoms. The molecule has 0 unspecified atom stereocenters. The zero-order valence-corrected chi connectivity index (χ0v) is 39.8. The average molecular weight is 941 g/mol. The van der Waals surface area contributed by atoms with Gasteiger partial charge in [-0.1, -0.05) is 133 Å². The molecule has 13 aromatic carbocycles. The molecule has 342 valence electrons. The molecule has 4 nitrogen and oxygen atoms in total. The number of fused-ring (bicyclic) bond motifs is 20. The monoisotopic (exact) mass is 940 g/mol. The fourth-order valence-corrected chi connectivity index (χ4v) is 12.9. The van der Waals surface area contributed by atoms with Crippen molar-refractivity contribution < 1.29 is 8.83 Å². The van der Waals surface area contributed by atoms with Gasteiger partial charge in [-0.05, 0) is 164 Å². The van der Waals surface area contributed by atoms with Crippen LogP contribution in [0, 0.1) is 0 Å². The van der Waals surface area contributed by atoms with Crippen LogP contribution in [0.4, 0.5) is 0 Å². The van der Waals surface area contributed by atoms with E-state index in [1.54, 1.807) is 0 Å². The highest BCUT2D eigenvalue weighted by Gasteiger charge is 2.23. The SMILES string of the molecule is c1ccc(-n2c3ccccc3c3c4c(-c5ccc6oc7ccccc7c6c5)cc5cc6c(cc(-c7ccc8oc9ccccc9c8c7)c7c6ccc6c7c7ccccc7n6-c6ccccc6)cc5c4ccc32)cc1. The van der Waals surface area contributed by atoms with E-state index in [0.29, 0.717) is 0 Å². The maximum atomic E-state index is 6.42. The van der Waals surface area contributed by atoms with E-state index in [1.165, 1.54) is 97.8 Å². The van der Waals surface area contributed by atoms with Crippen LogP contribution in [0.5, 0.6) is 0 Å². The third-order valence-electron chi connectivity index (χ3n) is 16.0. The molecule has 0 amide bonds. The number of rotatable bonds is 4. The summed E-state index contributed by atoms with van der Waals surface area (Å²) in [5.74, 6) is 0. The van der Waals surface area contributed by atoms with Gasteiger partial charge in [-0.3, -0.25) is 0 Å². The van der Waals surface area contributed by atoms with Gasteiger partial charge in [-0.25, -0.2) is 0 Å². The molecule has 0 saturated heterocycles. The molecular weight excluding hydrogens is 901 g/mol. The molecule has 0 bridgehead atoms. The lowest BCUT2D eigenvalue weighted by Gasteiger charge is -2.17. The lowest BCUT2D eigenvalue weighted by molar-refractivity contribution is 0.668. The minimum Gasteiger partial charge on any atom is -0.456 e. The van der Waals surface area contributed by atoms with Crippen molar-refractivity contribution in [3.8, 4) is 33.6 Å². The Hall–Kier alpha value is -9.90. The maximum absolute atomic E-state index is 6.42. The van der Waals surface area contributed by atoms with Crippen LogP contribution in [0.1, 0.15) is 0 Å². The predicted molar refractivity (Wildman–Crippen MR) is 311 cm³/mol. The van der Waals surface area contributed by atoms with Gasteiger partial charge in [0.2, 0.25) is 0 Å². The van der Waals surface area contributed by atoms with Crippen LogP contribution in [-0.2, 0) is 0 Å². The highest BCUT2D eigenvalue weighted by atomic mass is 16.3. The predicted octanol–water partition coefficient (Wildman–Crippen LogP) is 19.6. The van der Waals surface area contributed by atoms with Gasteiger partial charge < -0.3 is 18.0 Å². The lowest BCUT2D eigenvalue weighted by Crippen LogP contribution is -1.94. The van der Waals surface area contributed by atoms with Crippen LogP contribution in [0.25, 0.3) is 164 Å². The van der Waals surface area contributed by atoms with Crippen LogP contribution in [0.2, 0.25) is 0 Å². The van der Waals surface area contributed by atoms with Crippen LogP contribution in [0.3, 0.4) is 0 Å². The maximum Gasteiger partial charge on any atom is 0.135 e. The third-order valence-corrected chi connectivity index (χ3v) is 16.0. The summed E-state index contributed by atoms with van der Waals surface area (Å²) in [4.78, 5) is 0. The van der Waals surface area contributed by atoms with Crippen molar-refractivity contribution in [1.29, 1.82) is 0 Å². The lowest BCUT2D eigenvalue weighted by atomic mass is 9.86. The summed E-state index contributed by atoms with van der Waals surface area (Å²) in [6.07, 6.45) is 0. The Kier molecular flexibility index (Phi) is 7.97. The number of aromatic nitrogens is 2. The van der Waals surface area contributed by atoms with E-state index in [4.69, 9.17) is 8.83 Å².